The van der Waals surface area contributed by atoms with Gasteiger partial charge in [0, 0.05) is 64.9 Å². The third kappa shape index (κ3) is 4.79. The lowest BCUT2D eigenvalue weighted by molar-refractivity contribution is 1.09. The molecule has 11 aromatic rings. The second kappa shape index (κ2) is 12.3. The van der Waals surface area contributed by atoms with Gasteiger partial charge in [-0.15, -0.1) is 11.3 Å². The molecule has 0 saturated carbocycles. The fourth-order valence-corrected chi connectivity index (χ4v) is 9.28. The van der Waals surface area contributed by atoms with E-state index in [0.717, 1.165) is 50.6 Å². The van der Waals surface area contributed by atoms with Crippen molar-refractivity contribution < 1.29 is 0 Å². The van der Waals surface area contributed by atoms with E-state index in [1.54, 1.807) is 0 Å². The molecule has 0 aliphatic heterocycles. The van der Waals surface area contributed by atoms with Crippen molar-refractivity contribution in [2.45, 2.75) is 0 Å². The number of nitrogens with zero attached hydrogens (tertiary/aromatic N) is 4. The van der Waals surface area contributed by atoms with Crippen LogP contribution in [0.15, 0.2) is 194 Å². The number of hydrogen-bond donors (Lipinski definition) is 0. The first-order valence-electron chi connectivity index (χ1n) is 18.2. The summed E-state index contributed by atoms with van der Waals surface area (Å²) in [5, 5.41) is 5.00. The summed E-state index contributed by atoms with van der Waals surface area (Å²) in [6.45, 7) is 0. The lowest BCUT2D eigenvalue weighted by Crippen LogP contribution is -2.09. The average Bonchev–Trinajstić information content (AvgIpc) is 3.94. The molecule has 54 heavy (non-hydrogen) atoms. The molecular formula is C49H32N4S. The van der Waals surface area contributed by atoms with Crippen LogP contribution in [0.2, 0.25) is 0 Å². The maximum absolute atomic E-state index is 4.81. The fourth-order valence-electron chi connectivity index (χ4n) is 8.19. The van der Waals surface area contributed by atoms with Gasteiger partial charge in [-0.3, -0.25) is 4.57 Å². The zero-order valence-electron chi connectivity index (χ0n) is 29.2. The Morgan fingerprint density at radius 1 is 0.463 bits per heavy atom. The van der Waals surface area contributed by atoms with Crippen molar-refractivity contribution in [3.63, 3.8) is 0 Å². The monoisotopic (exact) mass is 708 g/mol. The topological polar surface area (TPSA) is 26.0 Å². The van der Waals surface area contributed by atoms with Crippen LogP contribution in [-0.4, -0.2) is 14.1 Å². The number of rotatable bonds is 6. The van der Waals surface area contributed by atoms with Gasteiger partial charge >= 0.3 is 0 Å². The number of para-hydroxylation sites is 5. The van der Waals surface area contributed by atoms with Gasteiger partial charge in [0.05, 0.1) is 22.1 Å². The number of aromatic nitrogens is 3. The van der Waals surface area contributed by atoms with Gasteiger partial charge in [-0.1, -0.05) is 97.1 Å². The van der Waals surface area contributed by atoms with Crippen LogP contribution in [0.5, 0.6) is 0 Å². The summed E-state index contributed by atoms with van der Waals surface area (Å²) in [6.07, 6.45) is 1.94. The number of thiophene rings is 1. The highest BCUT2D eigenvalue weighted by Crippen LogP contribution is 2.46. The largest absolute Gasteiger partial charge is 0.310 e. The first-order valence-corrected chi connectivity index (χ1v) is 19.0. The molecule has 0 saturated heterocycles. The molecule has 0 radical (unpaired) electrons. The molecule has 0 amide bonds. The van der Waals surface area contributed by atoms with E-state index in [2.05, 4.69) is 202 Å². The van der Waals surface area contributed by atoms with Gasteiger partial charge < -0.3 is 9.47 Å². The van der Waals surface area contributed by atoms with Gasteiger partial charge in [0.2, 0.25) is 0 Å². The van der Waals surface area contributed by atoms with Crippen LogP contribution < -0.4 is 4.90 Å². The molecule has 0 fully saturated rings. The molecule has 3 aromatic heterocycles. The molecule has 0 unspecified atom stereocenters. The van der Waals surface area contributed by atoms with Crippen molar-refractivity contribution in [3.8, 4) is 22.5 Å². The Labute approximate surface area is 316 Å². The molecule has 0 aliphatic rings. The van der Waals surface area contributed by atoms with Gasteiger partial charge in [0.1, 0.15) is 6.33 Å². The molecule has 5 heteroatoms. The Bertz CT molecular complexity index is 3100. The van der Waals surface area contributed by atoms with Crippen LogP contribution in [0.1, 0.15) is 0 Å². The van der Waals surface area contributed by atoms with Gasteiger partial charge in [-0.05, 0) is 96.6 Å². The summed E-state index contributed by atoms with van der Waals surface area (Å²) in [5.74, 6) is 0. The molecule has 0 spiro atoms. The molecule has 0 atom stereocenters. The molecule has 254 valence electrons. The highest BCUT2D eigenvalue weighted by Gasteiger charge is 2.21. The van der Waals surface area contributed by atoms with Crippen LogP contribution >= 0.6 is 11.3 Å². The third-order valence-corrected chi connectivity index (χ3v) is 11.7. The highest BCUT2D eigenvalue weighted by atomic mass is 32.1. The van der Waals surface area contributed by atoms with Crippen LogP contribution in [-0.2, 0) is 0 Å². The predicted octanol–water partition coefficient (Wildman–Crippen LogP) is 13.6. The highest BCUT2D eigenvalue weighted by molar-refractivity contribution is 7.26. The maximum atomic E-state index is 4.81. The Morgan fingerprint density at radius 2 is 1.13 bits per heavy atom. The molecule has 0 bridgehead atoms. The summed E-state index contributed by atoms with van der Waals surface area (Å²) in [6, 6.07) is 67.6. The smallest absolute Gasteiger partial charge is 0.100 e. The van der Waals surface area contributed by atoms with E-state index in [0.29, 0.717) is 0 Å². The first kappa shape index (κ1) is 30.7. The lowest BCUT2D eigenvalue weighted by Gasteiger charge is -2.25. The third-order valence-electron chi connectivity index (χ3n) is 10.6. The van der Waals surface area contributed by atoms with Gasteiger partial charge in [0.15, 0.2) is 0 Å². The molecule has 11 rings (SSSR count). The Balaban J connectivity index is 1.19. The maximum Gasteiger partial charge on any atom is 0.100 e. The van der Waals surface area contributed by atoms with E-state index in [1.807, 2.05) is 17.7 Å². The molecule has 4 nitrogen and oxygen atoms in total. The molecule has 0 N–H and O–H groups in total. The summed E-state index contributed by atoms with van der Waals surface area (Å²) >= 11 is 1.86. The summed E-state index contributed by atoms with van der Waals surface area (Å²) in [4.78, 5) is 7.16. The summed E-state index contributed by atoms with van der Waals surface area (Å²) in [7, 11) is 0. The zero-order chi connectivity index (χ0) is 35.6. The van der Waals surface area contributed by atoms with Crippen molar-refractivity contribution in [2.75, 3.05) is 4.90 Å². The van der Waals surface area contributed by atoms with Crippen molar-refractivity contribution in [1.82, 2.24) is 14.1 Å². The fraction of sp³-hybridized carbons (Fsp3) is 0. The van der Waals surface area contributed by atoms with E-state index in [9.17, 15) is 0 Å². The quantitative estimate of drug-likeness (QED) is 0.172. The number of fused-ring (bicyclic) bond motifs is 8. The lowest BCUT2D eigenvalue weighted by atomic mass is 10.0. The molecule has 0 aliphatic carbocycles. The van der Waals surface area contributed by atoms with Crippen molar-refractivity contribution in [2.24, 2.45) is 0 Å². The van der Waals surface area contributed by atoms with Crippen molar-refractivity contribution in [1.29, 1.82) is 0 Å². The molecule has 8 aromatic carbocycles. The summed E-state index contributed by atoms with van der Waals surface area (Å²) in [5.41, 5.74) is 12.4. The van der Waals surface area contributed by atoms with E-state index in [1.165, 1.54) is 42.0 Å². The van der Waals surface area contributed by atoms with E-state index < -0.39 is 0 Å². The van der Waals surface area contributed by atoms with Crippen LogP contribution in [0, 0.1) is 0 Å². The van der Waals surface area contributed by atoms with Gasteiger partial charge in [0.25, 0.3) is 0 Å². The standard InChI is InChI=1S/C49H32N4S/c1-5-14-34(15-6-1)51-32-50-43-23-13-22-39(48(43)51)33-24-27-44-41(30-33)40-26-29-46-47(49(40)53(44)37-20-11-4-12-21-37)42-31-38(25-28-45(42)54-46)52(35-16-7-2-8-17-35)36-18-9-3-10-19-36/h1-32H. The van der Waals surface area contributed by atoms with E-state index in [4.69, 9.17) is 4.98 Å². The van der Waals surface area contributed by atoms with Crippen LogP contribution in [0.25, 0.3) is 75.5 Å². The Morgan fingerprint density at radius 3 is 1.85 bits per heavy atom. The number of anilines is 3. The Kier molecular flexibility index (Phi) is 7.00. The SMILES string of the molecule is c1ccc(N(c2ccccc2)c2ccc3sc4ccc5c6cc(-c7cccc8ncn(-c9ccccc9)c78)ccc6n(-c6ccccc6)c5c4c3c2)cc1. The number of hydrogen-bond acceptors (Lipinski definition) is 3. The van der Waals surface area contributed by atoms with Gasteiger partial charge in [-0.25, -0.2) is 4.98 Å². The van der Waals surface area contributed by atoms with E-state index in [-0.39, 0.29) is 0 Å². The second-order valence-corrected chi connectivity index (χ2v) is 14.7. The zero-order valence-corrected chi connectivity index (χ0v) is 30.0. The minimum absolute atomic E-state index is 0.977. The van der Waals surface area contributed by atoms with Gasteiger partial charge in [-0.2, -0.15) is 0 Å². The van der Waals surface area contributed by atoms with Crippen molar-refractivity contribution >= 4 is 81.4 Å². The summed E-state index contributed by atoms with van der Waals surface area (Å²) < 4.78 is 7.22. The Hall–Kier alpha value is -6.95. The second-order valence-electron chi connectivity index (χ2n) is 13.7. The normalized spacial score (nSPS) is 11.7. The first-order chi connectivity index (χ1) is 26.8. The van der Waals surface area contributed by atoms with E-state index >= 15 is 0 Å². The van der Waals surface area contributed by atoms with Crippen molar-refractivity contribution in [3.05, 3.63) is 194 Å². The van der Waals surface area contributed by atoms with Crippen LogP contribution in [0.3, 0.4) is 0 Å². The number of imidazole rings is 1. The molecular weight excluding hydrogens is 677 g/mol. The van der Waals surface area contributed by atoms with Crippen LogP contribution in [0.4, 0.5) is 17.1 Å². The molecule has 3 heterocycles. The predicted molar refractivity (Wildman–Crippen MR) is 228 cm³/mol. The number of benzene rings is 8. The minimum Gasteiger partial charge on any atom is -0.310 e. The average molecular weight is 709 g/mol. The minimum atomic E-state index is 0.977.